The van der Waals surface area contributed by atoms with Gasteiger partial charge in [0.05, 0.1) is 12.8 Å². The Bertz CT molecular complexity index is 623. The van der Waals surface area contributed by atoms with E-state index in [1.807, 2.05) is 13.8 Å². The van der Waals surface area contributed by atoms with Crippen molar-refractivity contribution in [2.24, 2.45) is 23.7 Å². The molecule has 0 aromatic carbocycles. The lowest BCUT2D eigenvalue weighted by Crippen LogP contribution is -2.70. The number of carbonyl (C=O) groups excluding carboxylic acids is 1. The van der Waals surface area contributed by atoms with Crippen molar-refractivity contribution in [2.75, 3.05) is 0 Å². The zero-order chi connectivity index (χ0) is 19.4. The number of aliphatic carboxylic acids is 1. The molecule has 8 heteroatoms. The van der Waals surface area contributed by atoms with E-state index in [4.69, 9.17) is 29.1 Å². The van der Waals surface area contributed by atoms with Crippen molar-refractivity contribution < 1.29 is 38.7 Å². The molecular formula is C19H28O8. The van der Waals surface area contributed by atoms with Gasteiger partial charge >= 0.3 is 11.9 Å². The molecule has 152 valence electrons. The Balaban J connectivity index is 1.58. The summed E-state index contributed by atoms with van der Waals surface area (Å²) in [5.74, 6) is -1.82. The first-order chi connectivity index (χ1) is 12.7. The van der Waals surface area contributed by atoms with Crippen LogP contribution in [0.5, 0.6) is 0 Å². The molecule has 1 spiro atoms. The molecule has 1 saturated carbocycles. The average molecular weight is 384 g/mol. The summed E-state index contributed by atoms with van der Waals surface area (Å²) in [5, 5.41) is 8.76. The van der Waals surface area contributed by atoms with Crippen molar-refractivity contribution in [1.29, 1.82) is 0 Å². The molecule has 2 unspecified atom stereocenters. The van der Waals surface area contributed by atoms with Crippen molar-refractivity contribution in [3.05, 3.63) is 0 Å². The van der Waals surface area contributed by atoms with Crippen LogP contribution in [0.4, 0.5) is 0 Å². The quantitative estimate of drug-likeness (QED) is 0.583. The third-order valence-electron chi connectivity index (χ3n) is 6.89. The summed E-state index contributed by atoms with van der Waals surface area (Å²) in [6.07, 6.45) is 1.72. The van der Waals surface area contributed by atoms with Gasteiger partial charge in [-0.05, 0) is 38.0 Å². The molecule has 0 aromatic rings. The fourth-order valence-electron chi connectivity index (χ4n) is 5.40. The van der Waals surface area contributed by atoms with Gasteiger partial charge < -0.3 is 19.3 Å². The molecule has 4 heterocycles. The predicted molar refractivity (Wildman–Crippen MR) is 89.8 cm³/mol. The first kappa shape index (κ1) is 19.1. The van der Waals surface area contributed by atoms with E-state index in [1.54, 1.807) is 0 Å². The Labute approximate surface area is 158 Å². The zero-order valence-electron chi connectivity index (χ0n) is 16.0. The summed E-state index contributed by atoms with van der Waals surface area (Å²) < 4.78 is 17.8. The summed E-state index contributed by atoms with van der Waals surface area (Å²) in [5.41, 5.74) is -0.697. The highest BCUT2D eigenvalue weighted by Gasteiger charge is 2.69. The number of hydrogen-bond acceptors (Lipinski definition) is 7. The Kier molecular flexibility index (Phi) is 4.73. The van der Waals surface area contributed by atoms with Gasteiger partial charge in [-0.3, -0.25) is 9.59 Å². The van der Waals surface area contributed by atoms with Crippen molar-refractivity contribution in [2.45, 2.75) is 83.3 Å². The Hall–Kier alpha value is -1.22. The fourth-order valence-corrected chi connectivity index (χ4v) is 5.40. The van der Waals surface area contributed by atoms with Crippen molar-refractivity contribution >= 4 is 11.9 Å². The summed E-state index contributed by atoms with van der Waals surface area (Å²) in [4.78, 5) is 34.5. The largest absolute Gasteiger partial charge is 0.481 e. The molecule has 1 aliphatic carbocycles. The number of carboxylic acids is 1. The van der Waals surface area contributed by atoms with Gasteiger partial charge in [0.2, 0.25) is 12.1 Å². The first-order valence-corrected chi connectivity index (χ1v) is 9.86. The van der Waals surface area contributed by atoms with E-state index in [0.717, 1.165) is 19.3 Å². The number of ether oxygens (including phenoxy) is 3. The molecule has 8 nitrogen and oxygen atoms in total. The van der Waals surface area contributed by atoms with E-state index in [-0.39, 0.29) is 30.6 Å². The van der Waals surface area contributed by atoms with E-state index in [2.05, 4.69) is 6.92 Å². The average Bonchev–Trinajstić information content (AvgIpc) is 2.84. The molecule has 1 N–H and O–H groups in total. The SMILES string of the molecule is C[C@@H]1CC[C@H]2[C@@H](C)C(OC(=O)CCC(=O)O)O[C@@H]3O[C@@]4(C)CC[C@@H]1C32OO4. The number of hydrogen-bond donors (Lipinski definition) is 1. The lowest BCUT2D eigenvalue weighted by Gasteiger charge is -2.59. The molecule has 0 radical (unpaired) electrons. The molecule has 4 aliphatic heterocycles. The molecule has 8 atom stereocenters. The highest BCUT2D eigenvalue weighted by atomic mass is 17.3. The molecule has 5 fully saturated rings. The van der Waals surface area contributed by atoms with Gasteiger partial charge in [-0.1, -0.05) is 13.8 Å². The van der Waals surface area contributed by atoms with Crippen LogP contribution in [0.15, 0.2) is 0 Å². The summed E-state index contributed by atoms with van der Waals surface area (Å²) in [6.45, 7) is 6.06. The maximum Gasteiger partial charge on any atom is 0.308 e. The van der Waals surface area contributed by atoms with Crippen LogP contribution in [0.1, 0.15) is 59.3 Å². The number of carboxylic acid groups (broad SMARTS) is 1. The van der Waals surface area contributed by atoms with E-state index < -0.39 is 35.9 Å². The number of carbonyl (C=O) groups is 2. The van der Waals surface area contributed by atoms with Gasteiger partial charge in [0.1, 0.15) is 0 Å². The van der Waals surface area contributed by atoms with Crippen molar-refractivity contribution in [3.63, 3.8) is 0 Å². The maximum absolute atomic E-state index is 12.1. The minimum absolute atomic E-state index is 0.0670. The van der Waals surface area contributed by atoms with Crippen LogP contribution in [0.25, 0.3) is 0 Å². The third-order valence-corrected chi connectivity index (χ3v) is 6.89. The highest BCUT2D eigenvalue weighted by molar-refractivity contribution is 5.76. The predicted octanol–water partition coefficient (Wildman–Crippen LogP) is 2.60. The summed E-state index contributed by atoms with van der Waals surface area (Å²) in [6, 6.07) is 0. The topological polar surface area (TPSA) is 101 Å². The second-order valence-electron chi connectivity index (χ2n) is 8.66. The normalized spacial score (nSPS) is 48.4. The molecule has 0 aromatic heterocycles. The second-order valence-corrected chi connectivity index (χ2v) is 8.66. The van der Waals surface area contributed by atoms with Gasteiger partial charge in [0, 0.05) is 18.3 Å². The molecule has 5 aliphatic rings. The molecule has 5 rings (SSSR count). The monoisotopic (exact) mass is 384 g/mol. The maximum atomic E-state index is 12.1. The zero-order valence-corrected chi connectivity index (χ0v) is 16.0. The smallest absolute Gasteiger partial charge is 0.308 e. The molecular weight excluding hydrogens is 356 g/mol. The van der Waals surface area contributed by atoms with E-state index in [1.165, 1.54) is 0 Å². The van der Waals surface area contributed by atoms with E-state index in [0.29, 0.717) is 12.3 Å². The number of esters is 1. The van der Waals surface area contributed by atoms with E-state index in [9.17, 15) is 9.59 Å². The molecule has 2 bridgehead atoms. The summed E-state index contributed by atoms with van der Waals surface area (Å²) >= 11 is 0. The van der Waals surface area contributed by atoms with Gasteiger partial charge in [0.25, 0.3) is 0 Å². The van der Waals surface area contributed by atoms with Crippen molar-refractivity contribution in [1.82, 2.24) is 0 Å². The third kappa shape index (κ3) is 3.06. The lowest BCUT2D eigenvalue weighted by molar-refractivity contribution is -0.576. The Morgan fingerprint density at radius 2 is 1.89 bits per heavy atom. The Morgan fingerprint density at radius 1 is 1.11 bits per heavy atom. The molecule has 0 amide bonds. The van der Waals surface area contributed by atoms with E-state index >= 15 is 0 Å². The van der Waals surface area contributed by atoms with Crippen LogP contribution in [0.3, 0.4) is 0 Å². The van der Waals surface area contributed by atoms with Crippen LogP contribution in [-0.2, 0) is 33.6 Å². The van der Waals surface area contributed by atoms with Crippen LogP contribution in [0, 0.1) is 23.7 Å². The number of fused-ring (bicyclic) bond motifs is 2. The van der Waals surface area contributed by atoms with Crippen molar-refractivity contribution in [3.8, 4) is 0 Å². The lowest BCUT2D eigenvalue weighted by atomic mass is 9.58. The molecule has 27 heavy (non-hydrogen) atoms. The molecule has 4 saturated heterocycles. The Morgan fingerprint density at radius 3 is 2.63 bits per heavy atom. The highest BCUT2D eigenvalue weighted by Crippen LogP contribution is 2.60. The van der Waals surface area contributed by atoms with Crippen LogP contribution < -0.4 is 0 Å². The van der Waals surface area contributed by atoms with Gasteiger partial charge in [0.15, 0.2) is 11.9 Å². The number of rotatable bonds is 4. The summed E-state index contributed by atoms with van der Waals surface area (Å²) in [7, 11) is 0. The second kappa shape index (κ2) is 6.69. The van der Waals surface area contributed by atoms with Gasteiger partial charge in [-0.25, -0.2) is 9.78 Å². The standard InChI is InChI=1S/C19H28O8/c1-10-4-5-13-11(2)16(23-15(22)7-6-14(20)21)24-17-19(13)12(10)8-9-18(3,25-17)26-27-19/h10-13,16-17H,4-9H2,1-3H3,(H,20,21)/t10-,11-,12+,13+,16?,17-,18-,19?/m1/s1. The van der Waals surface area contributed by atoms with Gasteiger partial charge in [-0.2, -0.15) is 0 Å². The van der Waals surface area contributed by atoms with Crippen LogP contribution in [-0.4, -0.2) is 41.0 Å². The van der Waals surface area contributed by atoms with Crippen LogP contribution in [0.2, 0.25) is 0 Å². The minimum atomic E-state index is -1.03. The fraction of sp³-hybridized carbons (Fsp3) is 0.895. The minimum Gasteiger partial charge on any atom is -0.481 e. The first-order valence-electron chi connectivity index (χ1n) is 9.86. The van der Waals surface area contributed by atoms with Gasteiger partial charge in [-0.15, -0.1) is 0 Å². The van der Waals surface area contributed by atoms with Crippen LogP contribution >= 0.6 is 0 Å².